The fraction of sp³-hybridized carbons (Fsp3) is 1.00. The zero-order chi connectivity index (χ0) is 14.8. The zero-order valence-corrected chi connectivity index (χ0v) is 13.7. The lowest BCUT2D eigenvalue weighted by Crippen LogP contribution is -2.65. The van der Waals surface area contributed by atoms with Crippen LogP contribution in [-0.2, 0) is 9.47 Å². The van der Waals surface area contributed by atoms with Crippen molar-refractivity contribution < 1.29 is 9.47 Å². The summed E-state index contributed by atoms with van der Waals surface area (Å²) >= 11 is 0. The molecular weight excluding hydrogens is 252 g/mol. The van der Waals surface area contributed by atoms with Gasteiger partial charge < -0.3 is 15.2 Å². The number of hydrogen-bond acceptors (Lipinski definition) is 4. The summed E-state index contributed by atoms with van der Waals surface area (Å²) in [7, 11) is 0. The number of rotatable bonds is 4. The summed E-state index contributed by atoms with van der Waals surface area (Å²) in [5, 5.41) is 0. The second-order valence-corrected chi connectivity index (χ2v) is 7.23. The van der Waals surface area contributed by atoms with E-state index in [1.165, 1.54) is 6.42 Å². The summed E-state index contributed by atoms with van der Waals surface area (Å²) in [6.07, 6.45) is 5.08. The molecule has 0 saturated carbocycles. The molecule has 0 aromatic rings. The van der Waals surface area contributed by atoms with Gasteiger partial charge in [-0.15, -0.1) is 0 Å². The Morgan fingerprint density at radius 3 is 2.70 bits per heavy atom. The van der Waals surface area contributed by atoms with Gasteiger partial charge in [0.2, 0.25) is 0 Å². The molecule has 2 N–H and O–H groups in total. The topological polar surface area (TPSA) is 47.7 Å². The Morgan fingerprint density at radius 2 is 2.10 bits per heavy atom. The molecule has 0 spiro atoms. The highest BCUT2D eigenvalue weighted by Gasteiger charge is 2.45. The second-order valence-electron chi connectivity index (χ2n) is 7.23. The van der Waals surface area contributed by atoms with Gasteiger partial charge in [0.25, 0.3) is 0 Å². The Balaban J connectivity index is 2.13. The maximum absolute atomic E-state index is 6.22. The van der Waals surface area contributed by atoms with E-state index < -0.39 is 0 Å². The van der Waals surface area contributed by atoms with E-state index in [1.807, 2.05) is 0 Å². The predicted molar refractivity (Wildman–Crippen MR) is 81.9 cm³/mol. The quantitative estimate of drug-likeness (QED) is 0.859. The third kappa shape index (κ3) is 3.53. The van der Waals surface area contributed by atoms with Crippen molar-refractivity contribution >= 4 is 0 Å². The van der Waals surface area contributed by atoms with Gasteiger partial charge in [-0.05, 0) is 40.0 Å². The maximum atomic E-state index is 6.22. The fourth-order valence-electron chi connectivity index (χ4n) is 3.92. The van der Waals surface area contributed by atoms with Crippen molar-refractivity contribution in [2.24, 2.45) is 5.73 Å². The molecule has 0 aliphatic carbocycles. The molecule has 20 heavy (non-hydrogen) atoms. The van der Waals surface area contributed by atoms with Crippen molar-refractivity contribution in [3.63, 3.8) is 0 Å². The predicted octanol–water partition coefficient (Wildman–Crippen LogP) is 2.16. The van der Waals surface area contributed by atoms with E-state index in [1.54, 1.807) is 0 Å². The van der Waals surface area contributed by atoms with Crippen LogP contribution in [0.1, 0.15) is 53.4 Å². The van der Waals surface area contributed by atoms with Gasteiger partial charge in [-0.2, -0.15) is 0 Å². The summed E-state index contributed by atoms with van der Waals surface area (Å²) in [5.41, 5.74) is 6.24. The van der Waals surface area contributed by atoms with Crippen LogP contribution in [0.25, 0.3) is 0 Å². The Hall–Kier alpha value is -0.160. The van der Waals surface area contributed by atoms with Crippen molar-refractivity contribution in [1.29, 1.82) is 0 Å². The monoisotopic (exact) mass is 284 g/mol. The Labute approximate surface area is 124 Å². The van der Waals surface area contributed by atoms with Crippen LogP contribution in [0.4, 0.5) is 0 Å². The Bertz CT molecular complexity index is 320. The van der Waals surface area contributed by atoms with Crippen molar-refractivity contribution in [2.45, 2.75) is 76.7 Å². The first-order valence-corrected chi connectivity index (χ1v) is 8.15. The van der Waals surface area contributed by atoms with Gasteiger partial charge >= 0.3 is 0 Å². The van der Waals surface area contributed by atoms with Crippen LogP contribution < -0.4 is 5.73 Å². The molecule has 4 heteroatoms. The van der Waals surface area contributed by atoms with Crippen LogP contribution in [0.5, 0.6) is 0 Å². The summed E-state index contributed by atoms with van der Waals surface area (Å²) in [5.74, 6) is 0. The molecular formula is C16H32N2O2. The number of nitrogens with two attached hydrogens (primary N) is 1. The molecule has 0 bridgehead atoms. The first-order chi connectivity index (χ1) is 9.41. The number of hydrogen-bond donors (Lipinski definition) is 1. The third-order valence-corrected chi connectivity index (χ3v) is 4.76. The van der Waals surface area contributed by atoms with Gasteiger partial charge in [-0.1, -0.05) is 13.3 Å². The van der Waals surface area contributed by atoms with E-state index in [0.717, 1.165) is 45.5 Å². The zero-order valence-electron chi connectivity index (χ0n) is 13.7. The van der Waals surface area contributed by atoms with Crippen molar-refractivity contribution in [1.82, 2.24) is 4.90 Å². The summed E-state index contributed by atoms with van der Waals surface area (Å²) in [6, 6.07) is 0. The Kier molecular flexibility index (Phi) is 5.11. The molecule has 118 valence electrons. The molecule has 0 aromatic carbocycles. The van der Waals surface area contributed by atoms with Crippen molar-refractivity contribution in [3.05, 3.63) is 0 Å². The molecule has 3 atom stereocenters. The second kappa shape index (κ2) is 6.30. The summed E-state index contributed by atoms with van der Waals surface area (Å²) in [4.78, 5) is 2.59. The van der Waals surface area contributed by atoms with E-state index in [4.69, 9.17) is 15.2 Å². The third-order valence-electron chi connectivity index (χ3n) is 4.76. The smallest absolute Gasteiger partial charge is 0.0757 e. The molecule has 0 amide bonds. The van der Waals surface area contributed by atoms with Crippen molar-refractivity contribution in [2.75, 3.05) is 26.2 Å². The largest absolute Gasteiger partial charge is 0.378 e. The minimum absolute atomic E-state index is 0.0849. The SMILES string of the molecule is CCCC1CC(CN)(N2CC(C)OC(C)(C)C2)CCO1. The average molecular weight is 284 g/mol. The number of nitrogens with zero attached hydrogens (tertiary/aromatic N) is 1. The number of ether oxygens (including phenoxy) is 2. The van der Waals surface area contributed by atoms with E-state index in [9.17, 15) is 0 Å². The normalized spacial score (nSPS) is 38.9. The standard InChI is InChI=1S/C16H32N2O2/c1-5-6-14-9-16(11-17,7-8-19-14)18-10-13(2)20-15(3,4)12-18/h13-14H,5-12,17H2,1-4H3. The molecule has 3 unspecified atom stereocenters. The van der Waals surface area contributed by atoms with Crippen LogP contribution in [0, 0.1) is 0 Å². The Morgan fingerprint density at radius 1 is 1.35 bits per heavy atom. The molecule has 2 saturated heterocycles. The van der Waals surface area contributed by atoms with Gasteiger partial charge in [-0.25, -0.2) is 0 Å². The summed E-state index contributed by atoms with van der Waals surface area (Å²) in [6.45, 7) is 12.3. The molecule has 0 radical (unpaired) electrons. The van der Waals surface area contributed by atoms with Gasteiger partial charge in [0.05, 0.1) is 17.8 Å². The van der Waals surface area contributed by atoms with E-state index in [2.05, 4.69) is 32.6 Å². The van der Waals surface area contributed by atoms with Gasteiger partial charge in [0.1, 0.15) is 0 Å². The highest BCUT2D eigenvalue weighted by molar-refractivity contribution is 5.00. The van der Waals surface area contributed by atoms with Crippen LogP contribution in [0.2, 0.25) is 0 Å². The first-order valence-electron chi connectivity index (χ1n) is 8.15. The van der Waals surface area contributed by atoms with Crippen LogP contribution in [-0.4, -0.2) is 54.5 Å². The molecule has 4 nitrogen and oxygen atoms in total. The maximum Gasteiger partial charge on any atom is 0.0757 e. The van der Waals surface area contributed by atoms with E-state index in [-0.39, 0.29) is 17.2 Å². The lowest BCUT2D eigenvalue weighted by atomic mass is 9.82. The van der Waals surface area contributed by atoms with Crippen LogP contribution >= 0.6 is 0 Å². The molecule has 2 rings (SSSR count). The fourth-order valence-corrected chi connectivity index (χ4v) is 3.92. The van der Waals surface area contributed by atoms with Crippen molar-refractivity contribution in [3.8, 4) is 0 Å². The molecule has 2 heterocycles. The number of morpholine rings is 1. The lowest BCUT2D eigenvalue weighted by molar-refractivity contribution is -0.171. The minimum Gasteiger partial charge on any atom is -0.378 e. The summed E-state index contributed by atoms with van der Waals surface area (Å²) < 4.78 is 12.0. The van der Waals surface area contributed by atoms with Crippen LogP contribution in [0.3, 0.4) is 0 Å². The van der Waals surface area contributed by atoms with Gasteiger partial charge in [-0.3, -0.25) is 4.90 Å². The molecule has 2 aliphatic heterocycles. The highest BCUT2D eigenvalue weighted by Crippen LogP contribution is 2.35. The lowest BCUT2D eigenvalue weighted by Gasteiger charge is -2.53. The van der Waals surface area contributed by atoms with E-state index >= 15 is 0 Å². The van der Waals surface area contributed by atoms with Gasteiger partial charge in [0, 0.05) is 31.8 Å². The molecule has 0 aromatic heterocycles. The highest BCUT2D eigenvalue weighted by atomic mass is 16.5. The molecule has 2 fully saturated rings. The van der Waals surface area contributed by atoms with Gasteiger partial charge in [0.15, 0.2) is 0 Å². The van der Waals surface area contributed by atoms with Crippen LogP contribution in [0.15, 0.2) is 0 Å². The van der Waals surface area contributed by atoms with E-state index in [0.29, 0.717) is 6.10 Å². The minimum atomic E-state index is -0.0849. The average Bonchev–Trinajstić information content (AvgIpc) is 2.37. The first kappa shape index (κ1) is 16.2. The molecule has 2 aliphatic rings.